The number of benzene rings is 1. The van der Waals surface area contributed by atoms with Gasteiger partial charge >= 0.3 is 11.9 Å². The molecule has 1 saturated heterocycles. The van der Waals surface area contributed by atoms with Gasteiger partial charge in [-0.25, -0.2) is 9.59 Å². The number of rotatable bonds is 5. The minimum absolute atomic E-state index is 0.182. The van der Waals surface area contributed by atoms with Gasteiger partial charge in [0.1, 0.15) is 0 Å². The van der Waals surface area contributed by atoms with Gasteiger partial charge in [0.25, 0.3) is 0 Å². The van der Waals surface area contributed by atoms with E-state index < -0.39 is 11.9 Å². The molecule has 1 aliphatic heterocycles. The first-order valence-electron chi connectivity index (χ1n) is 7.96. The maximum atomic E-state index is 12.3. The maximum absolute atomic E-state index is 12.3. The number of carbonyl (C=O) groups is 3. The van der Waals surface area contributed by atoms with Crippen LogP contribution in [0.25, 0.3) is 0 Å². The van der Waals surface area contributed by atoms with Crippen molar-refractivity contribution in [3.8, 4) is 0 Å². The molecule has 0 radical (unpaired) electrons. The van der Waals surface area contributed by atoms with Crippen LogP contribution in [0.1, 0.15) is 20.7 Å². The lowest BCUT2D eigenvalue weighted by atomic mass is 10.1. The van der Waals surface area contributed by atoms with Gasteiger partial charge in [0.2, 0.25) is 5.91 Å². The van der Waals surface area contributed by atoms with E-state index in [1.54, 1.807) is 0 Å². The zero-order valence-corrected chi connectivity index (χ0v) is 14.7. The molecule has 0 spiro atoms. The molecule has 8 heteroatoms. The van der Waals surface area contributed by atoms with Crippen molar-refractivity contribution in [2.24, 2.45) is 0 Å². The molecule has 1 fully saturated rings. The maximum Gasteiger partial charge on any atom is 0.339 e. The van der Waals surface area contributed by atoms with E-state index in [0.29, 0.717) is 0 Å². The third-order valence-electron chi connectivity index (χ3n) is 4.08. The van der Waals surface area contributed by atoms with Crippen LogP contribution >= 0.6 is 0 Å². The van der Waals surface area contributed by atoms with Crippen molar-refractivity contribution in [1.29, 1.82) is 0 Å². The Morgan fingerprint density at radius 3 is 2.28 bits per heavy atom. The zero-order valence-electron chi connectivity index (χ0n) is 14.7. The van der Waals surface area contributed by atoms with Crippen molar-refractivity contribution in [2.45, 2.75) is 0 Å². The number of nitrogens with one attached hydrogen (secondary N) is 1. The summed E-state index contributed by atoms with van der Waals surface area (Å²) in [5.74, 6) is -1.39. The lowest BCUT2D eigenvalue weighted by Gasteiger charge is -2.31. The fourth-order valence-corrected chi connectivity index (χ4v) is 2.58. The number of nitrogens with zero attached hydrogens (tertiary/aromatic N) is 2. The fourth-order valence-electron chi connectivity index (χ4n) is 2.58. The number of anilines is 1. The molecular weight excluding hydrogens is 326 g/mol. The Labute approximate surface area is 146 Å². The second kappa shape index (κ2) is 8.59. The lowest BCUT2D eigenvalue weighted by Crippen LogP contribution is -2.47. The highest BCUT2D eigenvalue weighted by atomic mass is 16.5. The molecule has 1 aromatic rings. The fraction of sp³-hybridized carbons (Fsp3) is 0.471. The number of hydrogen-bond acceptors (Lipinski definition) is 7. The Kier molecular flexibility index (Phi) is 6.49. The SMILES string of the molecule is COC(=O)c1ccc(C(=O)OC)c(NC(=O)CN2CCN(C)CC2)c1. The summed E-state index contributed by atoms with van der Waals surface area (Å²) in [4.78, 5) is 40.2. The van der Waals surface area contributed by atoms with Crippen molar-refractivity contribution >= 4 is 23.5 Å². The minimum atomic E-state index is -0.591. The quantitative estimate of drug-likeness (QED) is 0.772. The highest BCUT2D eigenvalue weighted by Crippen LogP contribution is 2.20. The Morgan fingerprint density at radius 1 is 1.04 bits per heavy atom. The summed E-state index contributed by atoms with van der Waals surface area (Å²) >= 11 is 0. The minimum Gasteiger partial charge on any atom is -0.465 e. The van der Waals surface area contributed by atoms with Gasteiger partial charge in [0.15, 0.2) is 0 Å². The van der Waals surface area contributed by atoms with Crippen LogP contribution in [0.2, 0.25) is 0 Å². The molecule has 1 N–H and O–H groups in total. The van der Waals surface area contributed by atoms with E-state index in [2.05, 4.69) is 15.0 Å². The highest BCUT2D eigenvalue weighted by molar-refractivity contribution is 6.03. The molecule has 0 saturated carbocycles. The topological polar surface area (TPSA) is 88.2 Å². The smallest absolute Gasteiger partial charge is 0.339 e. The molecule has 0 unspecified atom stereocenters. The number of piperazine rings is 1. The van der Waals surface area contributed by atoms with E-state index in [4.69, 9.17) is 4.74 Å². The monoisotopic (exact) mass is 349 g/mol. The van der Waals surface area contributed by atoms with Gasteiger partial charge in [-0.2, -0.15) is 0 Å². The van der Waals surface area contributed by atoms with Crippen molar-refractivity contribution in [3.63, 3.8) is 0 Å². The second-order valence-corrected chi connectivity index (χ2v) is 5.87. The molecule has 2 rings (SSSR count). The molecule has 1 amide bonds. The van der Waals surface area contributed by atoms with Crippen LogP contribution in [-0.4, -0.2) is 81.6 Å². The molecule has 0 aromatic heterocycles. The first-order chi connectivity index (χ1) is 11.9. The summed E-state index contributed by atoms with van der Waals surface area (Å²) in [7, 11) is 4.56. The van der Waals surface area contributed by atoms with Crippen LogP contribution in [0.5, 0.6) is 0 Å². The summed E-state index contributed by atoms with van der Waals surface area (Å²) in [5.41, 5.74) is 0.654. The molecule has 136 valence electrons. The molecule has 8 nitrogen and oxygen atoms in total. The van der Waals surface area contributed by atoms with Crippen molar-refractivity contribution in [2.75, 3.05) is 59.3 Å². The number of amides is 1. The Hall–Kier alpha value is -2.45. The summed E-state index contributed by atoms with van der Waals surface area (Å²) in [6, 6.07) is 4.30. The third-order valence-corrected chi connectivity index (χ3v) is 4.08. The average Bonchev–Trinajstić information content (AvgIpc) is 2.62. The second-order valence-electron chi connectivity index (χ2n) is 5.87. The van der Waals surface area contributed by atoms with E-state index in [-0.39, 0.29) is 29.3 Å². The average molecular weight is 349 g/mol. The largest absolute Gasteiger partial charge is 0.465 e. The Balaban J connectivity index is 2.13. The summed E-state index contributed by atoms with van der Waals surface area (Å²) in [6.07, 6.45) is 0. The number of likely N-dealkylation sites (N-methyl/N-ethyl adjacent to an activating group) is 1. The van der Waals surface area contributed by atoms with Gasteiger partial charge < -0.3 is 19.7 Å². The number of ether oxygens (including phenoxy) is 2. The third kappa shape index (κ3) is 5.01. The molecule has 1 heterocycles. The molecule has 0 bridgehead atoms. The molecule has 1 aliphatic rings. The normalized spacial score (nSPS) is 15.5. The van der Waals surface area contributed by atoms with Gasteiger partial charge in [0.05, 0.1) is 37.6 Å². The van der Waals surface area contributed by atoms with E-state index >= 15 is 0 Å². The number of carbonyl (C=O) groups excluding carboxylic acids is 3. The van der Waals surface area contributed by atoms with Crippen LogP contribution in [0.15, 0.2) is 18.2 Å². The van der Waals surface area contributed by atoms with Crippen LogP contribution in [0.3, 0.4) is 0 Å². The van der Waals surface area contributed by atoms with Crippen LogP contribution < -0.4 is 5.32 Å². The highest BCUT2D eigenvalue weighted by Gasteiger charge is 2.20. The molecule has 1 aromatic carbocycles. The van der Waals surface area contributed by atoms with Gasteiger partial charge in [-0.1, -0.05) is 0 Å². The molecule has 0 aliphatic carbocycles. The summed E-state index contributed by atoms with van der Waals surface area (Å²) in [6.45, 7) is 3.62. The molecule has 25 heavy (non-hydrogen) atoms. The zero-order chi connectivity index (χ0) is 18.4. The van der Waals surface area contributed by atoms with E-state index in [9.17, 15) is 14.4 Å². The number of methoxy groups -OCH3 is 2. The Bertz CT molecular complexity index is 654. The van der Waals surface area contributed by atoms with E-state index in [1.165, 1.54) is 32.4 Å². The lowest BCUT2D eigenvalue weighted by molar-refractivity contribution is -0.117. The predicted octanol–water partition coefficient (Wildman–Crippen LogP) is 0.446. The van der Waals surface area contributed by atoms with E-state index in [0.717, 1.165) is 26.2 Å². The molecule has 0 atom stereocenters. The summed E-state index contributed by atoms with van der Waals surface area (Å²) in [5, 5.41) is 2.70. The Morgan fingerprint density at radius 2 is 1.68 bits per heavy atom. The van der Waals surface area contributed by atoms with E-state index in [1.807, 2.05) is 11.9 Å². The predicted molar refractivity (Wildman–Crippen MR) is 91.7 cm³/mol. The van der Waals surface area contributed by atoms with Gasteiger partial charge in [0, 0.05) is 26.2 Å². The van der Waals surface area contributed by atoms with Crippen molar-refractivity contribution in [1.82, 2.24) is 9.80 Å². The van der Waals surface area contributed by atoms with Crippen LogP contribution in [-0.2, 0) is 14.3 Å². The van der Waals surface area contributed by atoms with Crippen molar-refractivity contribution in [3.05, 3.63) is 29.3 Å². The van der Waals surface area contributed by atoms with Crippen LogP contribution in [0, 0.1) is 0 Å². The summed E-state index contributed by atoms with van der Waals surface area (Å²) < 4.78 is 9.40. The standard InChI is InChI=1S/C17H23N3O5/c1-19-6-8-20(9-7-19)11-15(21)18-14-10-12(16(22)24-2)4-5-13(14)17(23)25-3/h4-5,10H,6-9,11H2,1-3H3,(H,18,21). The number of hydrogen-bond donors (Lipinski definition) is 1. The van der Waals surface area contributed by atoms with Gasteiger partial charge in [-0.3, -0.25) is 9.69 Å². The molecular formula is C17H23N3O5. The first-order valence-corrected chi connectivity index (χ1v) is 7.96. The van der Waals surface area contributed by atoms with Crippen molar-refractivity contribution < 1.29 is 23.9 Å². The van der Waals surface area contributed by atoms with Gasteiger partial charge in [-0.15, -0.1) is 0 Å². The first kappa shape index (κ1) is 18.9. The number of esters is 2. The van der Waals surface area contributed by atoms with Crippen LogP contribution in [0.4, 0.5) is 5.69 Å². The van der Waals surface area contributed by atoms with Gasteiger partial charge in [-0.05, 0) is 25.2 Å².